The van der Waals surface area contributed by atoms with Crippen molar-refractivity contribution >= 4 is 11.6 Å². The number of nitrogens with one attached hydrogen (secondary N) is 1. The van der Waals surface area contributed by atoms with E-state index in [0.29, 0.717) is 0 Å². The molecule has 0 saturated carbocycles. The summed E-state index contributed by atoms with van der Waals surface area (Å²) in [5.41, 5.74) is 1.68. The summed E-state index contributed by atoms with van der Waals surface area (Å²) in [6, 6.07) is 7.81. The van der Waals surface area contributed by atoms with Crippen LogP contribution in [0.2, 0.25) is 0 Å². The summed E-state index contributed by atoms with van der Waals surface area (Å²) in [7, 11) is 3.97. The molecule has 4 heteroatoms. The summed E-state index contributed by atoms with van der Waals surface area (Å²) < 4.78 is 0. The number of nitrogens with zero attached hydrogens (tertiary/aromatic N) is 2. The third-order valence-corrected chi connectivity index (χ3v) is 3.66. The number of carbonyl (C=O) groups is 1. The van der Waals surface area contributed by atoms with Crippen LogP contribution >= 0.6 is 0 Å². The van der Waals surface area contributed by atoms with E-state index in [1.165, 1.54) is 0 Å². The molecule has 1 N–H and O–H groups in total. The Balaban J connectivity index is 2.26. The molecule has 1 saturated heterocycles. The Morgan fingerprint density at radius 1 is 1.37 bits per heavy atom. The average Bonchev–Trinajstić information content (AvgIpc) is 2.37. The molecule has 1 heterocycles. The molecule has 1 aromatic rings. The second kappa shape index (κ2) is 5.21. The zero-order chi connectivity index (χ0) is 14.0. The minimum Gasteiger partial charge on any atom is -0.378 e. The number of rotatable bonds is 2. The van der Waals surface area contributed by atoms with Gasteiger partial charge in [0.1, 0.15) is 0 Å². The van der Waals surface area contributed by atoms with Gasteiger partial charge < -0.3 is 15.1 Å². The van der Waals surface area contributed by atoms with Gasteiger partial charge in [-0.05, 0) is 32.0 Å². The molecular weight excluding hydrogens is 238 g/mol. The van der Waals surface area contributed by atoms with Crippen LogP contribution in [-0.2, 0) is 0 Å². The zero-order valence-corrected chi connectivity index (χ0v) is 12.2. The number of hydrogen-bond donors (Lipinski definition) is 1. The Morgan fingerprint density at radius 2 is 2.11 bits per heavy atom. The smallest absolute Gasteiger partial charge is 0.254 e. The van der Waals surface area contributed by atoms with E-state index in [9.17, 15) is 4.79 Å². The van der Waals surface area contributed by atoms with E-state index in [0.717, 1.165) is 30.9 Å². The van der Waals surface area contributed by atoms with E-state index in [1.807, 2.05) is 48.2 Å². The summed E-state index contributed by atoms with van der Waals surface area (Å²) in [5.74, 6) is 0.121. The van der Waals surface area contributed by atoms with Crippen LogP contribution in [0.5, 0.6) is 0 Å². The van der Waals surface area contributed by atoms with Crippen molar-refractivity contribution in [2.45, 2.75) is 19.4 Å². The van der Waals surface area contributed by atoms with E-state index in [1.54, 1.807) is 0 Å². The molecule has 0 aliphatic carbocycles. The predicted molar refractivity (Wildman–Crippen MR) is 78.8 cm³/mol. The molecule has 1 amide bonds. The Kier molecular flexibility index (Phi) is 3.80. The monoisotopic (exact) mass is 261 g/mol. The Hall–Kier alpha value is -1.55. The summed E-state index contributed by atoms with van der Waals surface area (Å²) in [6.45, 7) is 6.67. The summed E-state index contributed by atoms with van der Waals surface area (Å²) in [4.78, 5) is 16.7. The first-order valence-electron chi connectivity index (χ1n) is 6.72. The van der Waals surface area contributed by atoms with Crippen molar-refractivity contribution < 1.29 is 4.79 Å². The molecule has 104 valence electrons. The van der Waals surface area contributed by atoms with E-state index < -0.39 is 0 Å². The third kappa shape index (κ3) is 2.89. The quantitative estimate of drug-likeness (QED) is 0.878. The van der Waals surface area contributed by atoms with Gasteiger partial charge in [0.2, 0.25) is 0 Å². The minimum absolute atomic E-state index is 0.121. The lowest BCUT2D eigenvalue weighted by molar-refractivity contribution is 0.0477. The Labute approximate surface area is 115 Å². The molecule has 0 radical (unpaired) electrons. The highest BCUT2D eigenvalue weighted by atomic mass is 16.2. The molecule has 4 nitrogen and oxygen atoms in total. The number of piperazine rings is 1. The van der Waals surface area contributed by atoms with Crippen LogP contribution in [0, 0.1) is 0 Å². The molecule has 19 heavy (non-hydrogen) atoms. The molecule has 0 atom stereocenters. The molecule has 1 aromatic carbocycles. The highest BCUT2D eigenvalue weighted by molar-refractivity contribution is 5.95. The molecule has 0 spiro atoms. The van der Waals surface area contributed by atoms with Crippen molar-refractivity contribution in [3.8, 4) is 0 Å². The van der Waals surface area contributed by atoms with Crippen LogP contribution in [0.25, 0.3) is 0 Å². The van der Waals surface area contributed by atoms with Crippen molar-refractivity contribution in [1.29, 1.82) is 0 Å². The molecule has 0 unspecified atom stereocenters. The summed E-state index contributed by atoms with van der Waals surface area (Å²) in [6.07, 6.45) is 0. The topological polar surface area (TPSA) is 35.6 Å². The highest BCUT2D eigenvalue weighted by Gasteiger charge is 2.33. The molecule has 0 aromatic heterocycles. The van der Waals surface area contributed by atoms with Crippen LogP contribution < -0.4 is 10.2 Å². The van der Waals surface area contributed by atoms with Gasteiger partial charge in [0.15, 0.2) is 0 Å². The maximum atomic E-state index is 12.7. The number of hydrogen-bond acceptors (Lipinski definition) is 3. The van der Waals surface area contributed by atoms with E-state index in [2.05, 4.69) is 19.2 Å². The van der Waals surface area contributed by atoms with Gasteiger partial charge in [0.05, 0.1) is 5.54 Å². The fourth-order valence-electron chi connectivity index (χ4n) is 2.43. The first-order chi connectivity index (χ1) is 8.92. The van der Waals surface area contributed by atoms with E-state index >= 15 is 0 Å². The molecule has 1 fully saturated rings. The molecular formula is C15H23N3O. The number of anilines is 1. The van der Waals surface area contributed by atoms with E-state index in [-0.39, 0.29) is 11.4 Å². The normalized spacial score (nSPS) is 18.2. The maximum Gasteiger partial charge on any atom is 0.254 e. The predicted octanol–water partition coefficient (Wildman–Crippen LogP) is 1.58. The van der Waals surface area contributed by atoms with Crippen LogP contribution in [0.3, 0.4) is 0 Å². The standard InChI is InChI=1S/C15H23N3O/c1-15(2)11-16-8-9-18(15)14(19)12-6-5-7-13(10-12)17(3)4/h5-7,10,16H,8-9,11H2,1-4H3. The fourth-order valence-corrected chi connectivity index (χ4v) is 2.43. The van der Waals surface area contributed by atoms with Crippen LogP contribution in [-0.4, -0.2) is 50.1 Å². The van der Waals surface area contributed by atoms with E-state index in [4.69, 9.17) is 0 Å². The Bertz CT molecular complexity index is 468. The first kappa shape index (κ1) is 13.9. The van der Waals surface area contributed by atoms with Gasteiger partial charge in [0.25, 0.3) is 5.91 Å². The van der Waals surface area contributed by atoms with Crippen molar-refractivity contribution in [1.82, 2.24) is 10.2 Å². The lowest BCUT2D eigenvalue weighted by Gasteiger charge is -2.43. The first-order valence-corrected chi connectivity index (χ1v) is 6.72. The number of benzene rings is 1. The average molecular weight is 261 g/mol. The van der Waals surface area contributed by atoms with Crippen molar-refractivity contribution in [3.63, 3.8) is 0 Å². The zero-order valence-electron chi connectivity index (χ0n) is 12.2. The molecule has 1 aliphatic heterocycles. The SMILES string of the molecule is CN(C)c1cccc(C(=O)N2CCNCC2(C)C)c1. The molecule has 2 rings (SSSR count). The van der Waals surface area contributed by atoms with Gasteiger partial charge in [-0.25, -0.2) is 0 Å². The molecule has 0 bridgehead atoms. The fraction of sp³-hybridized carbons (Fsp3) is 0.533. The third-order valence-electron chi connectivity index (χ3n) is 3.66. The van der Waals surface area contributed by atoms with Gasteiger partial charge in [-0.15, -0.1) is 0 Å². The van der Waals surface area contributed by atoms with Crippen LogP contribution in [0.1, 0.15) is 24.2 Å². The van der Waals surface area contributed by atoms with Crippen molar-refractivity contribution in [3.05, 3.63) is 29.8 Å². The second-order valence-electron chi connectivity index (χ2n) is 5.89. The van der Waals surface area contributed by atoms with Crippen LogP contribution in [0.4, 0.5) is 5.69 Å². The minimum atomic E-state index is -0.135. The van der Waals surface area contributed by atoms with Crippen molar-refractivity contribution in [2.24, 2.45) is 0 Å². The van der Waals surface area contributed by atoms with Crippen molar-refractivity contribution in [2.75, 3.05) is 38.6 Å². The lowest BCUT2D eigenvalue weighted by Crippen LogP contribution is -2.59. The Morgan fingerprint density at radius 3 is 2.74 bits per heavy atom. The van der Waals surface area contributed by atoms with Crippen LogP contribution in [0.15, 0.2) is 24.3 Å². The second-order valence-corrected chi connectivity index (χ2v) is 5.89. The molecule has 1 aliphatic rings. The van der Waals surface area contributed by atoms with Gasteiger partial charge in [-0.1, -0.05) is 6.07 Å². The number of amides is 1. The summed E-state index contributed by atoms with van der Waals surface area (Å²) in [5, 5.41) is 3.34. The van der Waals surface area contributed by atoms with Gasteiger partial charge in [-0.2, -0.15) is 0 Å². The number of carbonyl (C=O) groups excluding carboxylic acids is 1. The highest BCUT2D eigenvalue weighted by Crippen LogP contribution is 2.21. The largest absolute Gasteiger partial charge is 0.378 e. The summed E-state index contributed by atoms with van der Waals surface area (Å²) >= 11 is 0. The van der Waals surface area contributed by atoms with Gasteiger partial charge in [0, 0.05) is 45.0 Å². The lowest BCUT2D eigenvalue weighted by atomic mass is 9.98. The van der Waals surface area contributed by atoms with Gasteiger partial charge >= 0.3 is 0 Å². The van der Waals surface area contributed by atoms with Gasteiger partial charge in [-0.3, -0.25) is 4.79 Å². The maximum absolute atomic E-state index is 12.7.